The fourth-order valence-electron chi connectivity index (χ4n) is 12.3. The first-order valence-corrected chi connectivity index (χ1v) is 26.0. The summed E-state index contributed by atoms with van der Waals surface area (Å²) >= 11 is 0. The molecule has 13 rings (SSSR count). The molecule has 1 spiro atoms. The monoisotopic (exact) mass is 964 g/mol. The van der Waals surface area contributed by atoms with Crippen molar-refractivity contribution < 1.29 is 4.42 Å². The molecule has 0 fully saturated rings. The largest absolute Gasteiger partial charge is 0.455 e. The van der Waals surface area contributed by atoms with Crippen LogP contribution >= 0.6 is 0 Å². The molecule has 0 bridgehead atoms. The van der Waals surface area contributed by atoms with E-state index in [9.17, 15) is 0 Å². The van der Waals surface area contributed by atoms with Crippen molar-refractivity contribution in [2.24, 2.45) is 0 Å². The molecule has 10 aromatic carbocycles. The molecule has 0 atom stereocenters. The highest BCUT2D eigenvalue weighted by Crippen LogP contribution is 2.64. The Morgan fingerprint density at radius 1 is 0.467 bits per heavy atom. The molecule has 0 aliphatic heterocycles. The van der Waals surface area contributed by atoms with E-state index in [-0.39, 0.29) is 0 Å². The summed E-state index contributed by atoms with van der Waals surface area (Å²) < 4.78 is 7.36. The second kappa shape index (κ2) is 18.1. The van der Waals surface area contributed by atoms with Crippen molar-refractivity contribution in [3.05, 3.63) is 299 Å². The van der Waals surface area contributed by atoms with Gasteiger partial charge in [-0.3, -0.25) is 0 Å². The lowest BCUT2D eigenvalue weighted by atomic mass is 9.70. The van der Waals surface area contributed by atoms with Gasteiger partial charge in [0, 0.05) is 39.4 Å². The Morgan fingerprint density at radius 3 is 1.47 bits per heavy atom. The van der Waals surface area contributed by atoms with E-state index >= 15 is 0 Å². The molecule has 0 unspecified atom stereocenters. The van der Waals surface area contributed by atoms with Crippen molar-refractivity contribution in [3.8, 4) is 33.4 Å². The van der Waals surface area contributed by atoms with Gasteiger partial charge in [0.05, 0.1) is 16.5 Å². The summed E-state index contributed by atoms with van der Waals surface area (Å²) in [6.45, 7) is 15.8. The molecule has 360 valence electrons. The number of anilines is 5. The highest BCUT2D eigenvalue weighted by Gasteiger charge is 2.52. The van der Waals surface area contributed by atoms with Gasteiger partial charge in [0.15, 0.2) is 0 Å². The maximum absolute atomic E-state index is 7.36. The average Bonchev–Trinajstić information content (AvgIpc) is 4.28. The number of allylic oxidation sites excluding steroid dienone is 4. The molecule has 3 heteroatoms. The Hall–Kier alpha value is -9.18. The van der Waals surface area contributed by atoms with Crippen molar-refractivity contribution in [2.75, 3.05) is 9.80 Å². The van der Waals surface area contributed by atoms with Crippen LogP contribution in [0.1, 0.15) is 51.4 Å². The van der Waals surface area contributed by atoms with Gasteiger partial charge in [-0.1, -0.05) is 188 Å². The molecular weight excluding hydrogens is 909 g/mol. The Bertz CT molecular complexity index is 4070. The number of aryl methyl sites for hydroxylation is 4. The quantitative estimate of drug-likeness (QED) is 0.127. The van der Waals surface area contributed by atoms with E-state index in [4.69, 9.17) is 11.0 Å². The molecule has 2 aliphatic rings. The smallest absolute Gasteiger partial charge is 0.145 e. The molecule has 2 aliphatic carbocycles. The predicted octanol–water partition coefficient (Wildman–Crippen LogP) is 19.6. The van der Waals surface area contributed by atoms with Crippen LogP contribution in [0.5, 0.6) is 0 Å². The third kappa shape index (κ3) is 7.33. The van der Waals surface area contributed by atoms with E-state index in [1.165, 1.54) is 77.9 Å². The number of hydrogen-bond acceptors (Lipinski definition) is 3. The van der Waals surface area contributed by atoms with E-state index in [2.05, 4.69) is 281 Å². The van der Waals surface area contributed by atoms with Crippen LogP contribution in [0.25, 0.3) is 60.9 Å². The van der Waals surface area contributed by atoms with Crippen molar-refractivity contribution in [1.29, 1.82) is 0 Å². The SMILES string of the molecule is C=C(/C=C\C1=C(C)C2(c3ccccc3-c3ccccc32)c2cc(N(c3ccc(C)cc3)c3ccc(-c4ccccc4C)cc3)c3c(oc4ccccc43)c21)N(c1ccc(C)cc1)c1ccc(-c2ccccc2C)cc1. The standard InChI is InChI=1S/C72H56N2O/c1-46-27-36-54(37-28-46)73(55-40-32-52(33-41-55)58-19-9-7-17-48(58)3)50(5)31-44-60-51(6)72(64-24-14-11-21-61(64)62-22-12-15-25-65(62)72)66-45-67(70-63-23-13-16-26-68(63)75-71(70)69(60)66)74(56-38-29-47(2)30-39-56)57-42-34-53(35-43-57)59-20-10-8-18-49(59)4/h7-45H,5H2,1-4,6H3/b44-31-. The van der Waals surface area contributed by atoms with Gasteiger partial charge in [0.2, 0.25) is 0 Å². The van der Waals surface area contributed by atoms with Crippen LogP contribution in [0, 0.1) is 27.7 Å². The Balaban J connectivity index is 1.05. The second-order valence-corrected chi connectivity index (χ2v) is 20.4. The lowest BCUT2D eigenvalue weighted by Crippen LogP contribution is -2.26. The minimum absolute atomic E-state index is 0.638. The minimum Gasteiger partial charge on any atom is -0.455 e. The van der Waals surface area contributed by atoms with Gasteiger partial charge < -0.3 is 14.2 Å². The fraction of sp³-hybridized carbons (Fsp3) is 0.0833. The third-order valence-electron chi connectivity index (χ3n) is 15.9. The van der Waals surface area contributed by atoms with Gasteiger partial charge in [-0.2, -0.15) is 0 Å². The maximum atomic E-state index is 7.36. The maximum Gasteiger partial charge on any atom is 0.145 e. The first kappa shape index (κ1) is 45.7. The molecule has 0 radical (unpaired) electrons. The molecule has 1 aromatic heterocycles. The second-order valence-electron chi connectivity index (χ2n) is 20.4. The first-order valence-electron chi connectivity index (χ1n) is 26.0. The topological polar surface area (TPSA) is 19.6 Å². The van der Waals surface area contributed by atoms with Gasteiger partial charge in [-0.25, -0.2) is 0 Å². The Labute approximate surface area is 440 Å². The van der Waals surface area contributed by atoms with Crippen LogP contribution in [-0.2, 0) is 5.41 Å². The summed E-state index contributed by atoms with van der Waals surface area (Å²) in [5.41, 5.74) is 26.6. The number of furan rings is 1. The normalized spacial score (nSPS) is 13.2. The van der Waals surface area contributed by atoms with Crippen LogP contribution in [0.2, 0.25) is 0 Å². The lowest BCUT2D eigenvalue weighted by Gasteiger charge is -2.33. The van der Waals surface area contributed by atoms with Gasteiger partial charge >= 0.3 is 0 Å². The third-order valence-corrected chi connectivity index (χ3v) is 15.9. The molecule has 0 amide bonds. The molecule has 0 saturated carbocycles. The zero-order chi connectivity index (χ0) is 51.0. The predicted molar refractivity (Wildman–Crippen MR) is 316 cm³/mol. The van der Waals surface area contributed by atoms with E-state index in [0.29, 0.717) is 0 Å². The van der Waals surface area contributed by atoms with Gasteiger partial charge in [-0.15, -0.1) is 0 Å². The zero-order valence-corrected chi connectivity index (χ0v) is 43.0. The van der Waals surface area contributed by atoms with Crippen LogP contribution in [0.15, 0.2) is 259 Å². The van der Waals surface area contributed by atoms with Crippen molar-refractivity contribution in [2.45, 2.75) is 40.0 Å². The summed E-state index contributed by atoms with van der Waals surface area (Å²) in [7, 11) is 0. The molecule has 0 N–H and O–H groups in total. The lowest BCUT2D eigenvalue weighted by molar-refractivity contribution is 0.666. The van der Waals surface area contributed by atoms with Crippen LogP contribution in [-0.4, -0.2) is 0 Å². The molecule has 75 heavy (non-hydrogen) atoms. The Kier molecular flexibility index (Phi) is 11.0. The number of benzene rings is 10. The van der Waals surface area contributed by atoms with Gasteiger partial charge in [0.1, 0.15) is 11.2 Å². The van der Waals surface area contributed by atoms with E-state index in [1.807, 2.05) is 0 Å². The zero-order valence-electron chi connectivity index (χ0n) is 43.0. The number of rotatable bonds is 10. The molecule has 0 saturated heterocycles. The summed E-state index contributed by atoms with van der Waals surface area (Å²) in [5.74, 6) is 0. The summed E-state index contributed by atoms with van der Waals surface area (Å²) in [4.78, 5) is 4.71. The highest BCUT2D eigenvalue weighted by molar-refractivity contribution is 6.19. The summed E-state index contributed by atoms with van der Waals surface area (Å²) in [6, 6.07) is 81.9. The summed E-state index contributed by atoms with van der Waals surface area (Å²) in [6.07, 6.45) is 4.52. The van der Waals surface area contributed by atoms with Crippen molar-refractivity contribution in [1.82, 2.24) is 0 Å². The molecule has 3 nitrogen and oxygen atoms in total. The fourth-order valence-corrected chi connectivity index (χ4v) is 12.3. The average molecular weight is 965 g/mol. The van der Waals surface area contributed by atoms with Crippen LogP contribution in [0.3, 0.4) is 0 Å². The summed E-state index contributed by atoms with van der Waals surface area (Å²) in [5, 5.41) is 2.13. The van der Waals surface area contributed by atoms with Crippen molar-refractivity contribution in [3.63, 3.8) is 0 Å². The van der Waals surface area contributed by atoms with Crippen LogP contribution in [0.4, 0.5) is 28.4 Å². The highest BCUT2D eigenvalue weighted by atomic mass is 16.3. The minimum atomic E-state index is -0.638. The van der Waals surface area contributed by atoms with E-state index < -0.39 is 5.41 Å². The van der Waals surface area contributed by atoms with Crippen molar-refractivity contribution >= 4 is 55.9 Å². The molecule has 11 aromatic rings. The molecular formula is C72H56N2O. The first-order chi connectivity index (χ1) is 36.7. The molecule has 1 heterocycles. The number of hydrogen-bond donors (Lipinski definition) is 0. The number of fused-ring (bicyclic) bond motifs is 11. The van der Waals surface area contributed by atoms with Crippen LogP contribution < -0.4 is 9.80 Å². The van der Waals surface area contributed by atoms with Gasteiger partial charge in [-0.05, 0) is 174 Å². The van der Waals surface area contributed by atoms with Gasteiger partial charge in [0.25, 0.3) is 0 Å². The number of nitrogens with zero attached hydrogens (tertiary/aromatic N) is 2. The Morgan fingerprint density at radius 2 is 0.920 bits per heavy atom. The van der Waals surface area contributed by atoms with E-state index in [1.54, 1.807) is 0 Å². The number of para-hydroxylation sites is 1. The van der Waals surface area contributed by atoms with E-state index in [0.717, 1.165) is 67.2 Å².